The normalized spacial score (nSPS) is 34.9. The van der Waals surface area contributed by atoms with Crippen LogP contribution in [0.3, 0.4) is 0 Å². The zero-order chi connectivity index (χ0) is 10.9. The van der Waals surface area contributed by atoms with E-state index in [9.17, 15) is 4.79 Å². The Balaban J connectivity index is 2.14. The van der Waals surface area contributed by atoms with E-state index in [2.05, 4.69) is 13.8 Å². The van der Waals surface area contributed by atoms with Gasteiger partial charge in [-0.25, -0.2) is 0 Å². The Labute approximate surface area is 101 Å². The molecule has 1 aliphatic carbocycles. The van der Waals surface area contributed by atoms with Crippen LogP contribution in [0.2, 0.25) is 0 Å². The summed E-state index contributed by atoms with van der Waals surface area (Å²) in [4.78, 5) is 12.6. The minimum absolute atomic E-state index is 0.00785. The van der Waals surface area contributed by atoms with Gasteiger partial charge in [0.1, 0.15) is 4.08 Å². The van der Waals surface area contributed by atoms with E-state index in [0.29, 0.717) is 5.78 Å². The van der Waals surface area contributed by atoms with Crippen LogP contribution in [0.5, 0.6) is 0 Å². The quantitative estimate of drug-likeness (QED) is 0.737. The highest BCUT2D eigenvalue weighted by atomic mass is 32.2. The zero-order valence-electron chi connectivity index (χ0n) is 9.67. The second-order valence-corrected chi connectivity index (χ2v) is 7.99. The molecule has 0 N–H and O–H groups in total. The predicted molar refractivity (Wildman–Crippen MR) is 69.5 cm³/mol. The third-order valence-corrected chi connectivity index (χ3v) is 7.07. The Morgan fingerprint density at radius 1 is 1.27 bits per heavy atom. The minimum Gasteiger partial charge on any atom is -0.297 e. The summed E-state index contributed by atoms with van der Waals surface area (Å²) < 4.78 is -0.0395. The second-order valence-electron chi connectivity index (χ2n) is 4.94. The average Bonchev–Trinajstić information content (AvgIpc) is 2.47. The molecule has 2 rings (SSSR count). The van der Waals surface area contributed by atoms with E-state index in [1.54, 1.807) is 0 Å². The lowest BCUT2D eigenvalue weighted by Crippen LogP contribution is -2.36. The predicted octanol–water partition coefficient (Wildman–Crippen LogP) is 3.72. The molecule has 0 radical (unpaired) electrons. The van der Waals surface area contributed by atoms with Crippen LogP contribution in [0.15, 0.2) is 0 Å². The van der Waals surface area contributed by atoms with Crippen molar-refractivity contribution >= 4 is 29.3 Å². The molecule has 2 fully saturated rings. The number of rotatable bonds is 2. The van der Waals surface area contributed by atoms with Gasteiger partial charge in [0.25, 0.3) is 0 Å². The van der Waals surface area contributed by atoms with Gasteiger partial charge in [0, 0.05) is 5.41 Å². The van der Waals surface area contributed by atoms with Crippen LogP contribution in [0.25, 0.3) is 0 Å². The second kappa shape index (κ2) is 4.33. The molecule has 86 valence electrons. The van der Waals surface area contributed by atoms with Crippen molar-refractivity contribution in [3.63, 3.8) is 0 Å². The van der Waals surface area contributed by atoms with Crippen molar-refractivity contribution in [2.75, 3.05) is 11.5 Å². The molecule has 3 heteroatoms. The van der Waals surface area contributed by atoms with E-state index in [-0.39, 0.29) is 9.49 Å². The van der Waals surface area contributed by atoms with Crippen LogP contribution in [0.4, 0.5) is 0 Å². The molecule has 0 amide bonds. The van der Waals surface area contributed by atoms with Crippen LogP contribution < -0.4 is 0 Å². The van der Waals surface area contributed by atoms with Gasteiger partial charge in [-0.1, -0.05) is 20.3 Å². The van der Waals surface area contributed by atoms with Crippen molar-refractivity contribution < 1.29 is 4.79 Å². The zero-order valence-corrected chi connectivity index (χ0v) is 11.3. The Bertz CT molecular complexity index is 258. The first-order valence-corrected chi connectivity index (χ1v) is 7.93. The van der Waals surface area contributed by atoms with Gasteiger partial charge in [-0.3, -0.25) is 4.79 Å². The molecular weight excluding hydrogens is 224 g/mol. The van der Waals surface area contributed by atoms with Gasteiger partial charge in [0.05, 0.1) is 0 Å². The highest BCUT2D eigenvalue weighted by molar-refractivity contribution is 8.20. The molecular formula is C12H20OS2. The first-order valence-electron chi connectivity index (χ1n) is 5.96. The standard InChI is InChI=1S/C12H20OS2/c1-3-5-11(2)6-7-12(10(11)13)14-8-4-9-15-12/h3-9H2,1-2H3. The summed E-state index contributed by atoms with van der Waals surface area (Å²) in [5.41, 5.74) is -0.00785. The number of thioether (sulfide) groups is 2. The van der Waals surface area contributed by atoms with Crippen molar-refractivity contribution in [3.8, 4) is 0 Å². The summed E-state index contributed by atoms with van der Waals surface area (Å²) in [7, 11) is 0. The van der Waals surface area contributed by atoms with Crippen molar-refractivity contribution in [2.45, 2.75) is 50.0 Å². The molecule has 0 aromatic rings. The molecule has 1 nitrogen and oxygen atoms in total. The van der Waals surface area contributed by atoms with Gasteiger partial charge >= 0.3 is 0 Å². The molecule has 1 aliphatic heterocycles. The Morgan fingerprint density at radius 3 is 2.53 bits per heavy atom. The van der Waals surface area contributed by atoms with Crippen LogP contribution >= 0.6 is 23.5 Å². The van der Waals surface area contributed by atoms with Gasteiger partial charge in [-0.2, -0.15) is 0 Å². The van der Waals surface area contributed by atoms with Gasteiger partial charge < -0.3 is 0 Å². The number of carbonyl (C=O) groups excluding carboxylic acids is 1. The van der Waals surface area contributed by atoms with Crippen molar-refractivity contribution in [2.24, 2.45) is 5.41 Å². The molecule has 1 saturated heterocycles. The molecule has 2 aliphatic rings. The van der Waals surface area contributed by atoms with Gasteiger partial charge in [-0.05, 0) is 37.2 Å². The van der Waals surface area contributed by atoms with E-state index in [1.165, 1.54) is 17.9 Å². The summed E-state index contributed by atoms with van der Waals surface area (Å²) in [5.74, 6) is 2.91. The maximum Gasteiger partial charge on any atom is 0.164 e. The van der Waals surface area contributed by atoms with Crippen molar-refractivity contribution in [1.29, 1.82) is 0 Å². The molecule has 1 spiro atoms. The highest BCUT2D eigenvalue weighted by Gasteiger charge is 2.54. The van der Waals surface area contributed by atoms with E-state index in [0.717, 1.165) is 25.7 Å². The smallest absolute Gasteiger partial charge is 0.164 e. The number of hydrogen-bond acceptors (Lipinski definition) is 3. The number of carbonyl (C=O) groups is 1. The third kappa shape index (κ3) is 1.97. The topological polar surface area (TPSA) is 17.1 Å². The Kier molecular flexibility index (Phi) is 3.42. The fourth-order valence-electron chi connectivity index (χ4n) is 2.77. The SMILES string of the molecule is CCCC1(C)CCC2(SCCCS2)C1=O. The Hall–Kier alpha value is 0.370. The third-order valence-electron chi connectivity index (χ3n) is 3.66. The monoisotopic (exact) mass is 244 g/mol. The molecule has 0 aromatic heterocycles. The summed E-state index contributed by atoms with van der Waals surface area (Å²) in [6.45, 7) is 4.37. The van der Waals surface area contributed by atoms with E-state index in [1.807, 2.05) is 23.5 Å². The van der Waals surface area contributed by atoms with E-state index in [4.69, 9.17) is 0 Å². The average molecular weight is 244 g/mol. The molecule has 1 unspecified atom stereocenters. The first-order chi connectivity index (χ1) is 7.13. The van der Waals surface area contributed by atoms with Crippen LogP contribution in [-0.2, 0) is 4.79 Å². The fourth-order valence-corrected chi connectivity index (χ4v) is 6.27. The molecule has 0 aromatic carbocycles. The van der Waals surface area contributed by atoms with E-state index >= 15 is 0 Å². The summed E-state index contributed by atoms with van der Waals surface area (Å²) >= 11 is 3.85. The number of ketones is 1. The van der Waals surface area contributed by atoms with Crippen molar-refractivity contribution in [3.05, 3.63) is 0 Å². The lowest BCUT2D eigenvalue weighted by molar-refractivity contribution is -0.125. The largest absolute Gasteiger partial charge is 0.297 e. The summed E-state index contributed by atoms with van der Waals surface area (Å²) in [6.07, 6.45) is 5.70. The molecule has 0 bridgehead atoms. The summed E-state index contributed by atoms with van der Waals surface area (Å²) in [6, 6.07) is 0. The minimum atomic E-state index is -0.0395. The van der Waals surface area contributed by atoms with Gasteiger partial charge in [-0.15, -0.1) is 23.5 Å². The van der Waals surface area contributed by atoms with Crippen LogP contribution in [0.1, 0.15) is 46.0 Å². The van der Waals surface area contributed by atoms with Gasteiger partial charge in [0.2, 0.25) is 0 Å². The lowest BCUT2D eigenvalue weighted by atomic mass is 9.83. The maximum absolute atomic E-state index is 12.6. The molecule has 1 heterocycles. The summed E-state index contributed by atoms with van der Waals surface area (Å²) in [5, 5.41) is 0. The Morgan fingerprint density at radius 2 is 1.93 bits per heavy atom. The van der Waals surface area contributed by atoms with Crippen LogP contribution in [-0.4, -0.2) is 21.4 Å². The fraction of sp³-hybridized carbons (Fsp3) is 0.917. The number of Topliss-reactive ketones (excluding diaryl/α,β-unsaturated/α-hetero) is 1. The lowest BCUT2D eigenvalue weighted by Gasteiger charge is -2.32. The molecule has 15 heavy (non-hydrogen) atoms. The van der Waals surface area contributed by atoms with E-state index < -0.39 is 0 Å². The molecule has 1 saturated carbocycles. The van der Waals surface area contributed by atoms with Gasteiger partial charge in [0.15, 0.2) is 5.78 Å². The maximum atomic E-state index is 12.6. The van der Waals surface area contributed by atoms with Crippen LogP contribution in [0, 0.1) is 5.41 Å². The highest BCUT2D eigenvalue weighted by Crippen LogP contribution is 2.57. The number of hydrogen-bond donors (Lipinski definition) is 0. The molecule has 1 atom stereocenters. The van der Waals surface area contributed by atoms with Crippen molar-refractivity contribution in [1.82, 2.24) is 0 Å². The first kappa shape index (κ1) is 11.8.